The summed E-state index contributed by atoms with van der Waals surface area (Å²) in [5.74, 6) is 0. The number of aliphatic hydroxyl groups excluding tert-OH is 1. The topological polar surface area (TPSA) is 38.0 Å². The SMILES string of the molecule is Cn1ncc(Br)c1C(O)c1ccccc1C(C)(C)C. The highest BCUT2D eigenvalue weighted by molar-refractivity contribution is 9.10. The number of rotatable bonds is 2. The zero-order chi connectivity index (χ0) is 14.2. The van der Waals surface area contributed by atoms with Gasteiger partial charge in [0.05, 0.1) is 16.4 Å². The fraction of sp³-hybridized carbons (Fsp3) is 0.400. The number of halogens is 1. The molecule has 1 aromatic carbocycles. The first kappa shape index (κ1) is 14.3. The molecule has 0 saturated heterocycles. The highest BCUT2D eigenvalue weighted by atomic mass is 79.9. The van der Waals surface area contributed by atoms with Gasteiger partial charge in [0.2, 0.25) is 0 Å². The van der Waals surface area contributed by atoms with Gasteiger partial charge >= 0.3 is 0 Å². The Morgan fingerprint density at radius 3 is 2.42 bits per heavy atom. The summed E-state index contributed by atoms with van der Waals surface area (Å²) in [5.41, 5.74) is 2.84. The Balaban J connectivity index is 2.54. The summed E-state index contributed by atoms with van der Waals surface area (Å²) in [5, 5.41) is 14.9. The third-order valence-corrected chi connectivity index (χ3v) is 3.87. The monoisotopic (exact) mass is 322 g/mol. The van der Waals surface area contributed by atoms with E-state index in [-0.39, 0.29) is 5.41 Å². The van der Waals surface area contributed by atoms with Crippen LogP contribution in [0.2, 0.25) is 0 Å². The highest BCUT2D eigenvalue weighted by Crippen LogP contribution is 2.34. The van der Waals surface area contributed by atoms with Crippen molar-refractivity contribution in [2.24, 2.45) is 7.05 Å². The van der Waals surface area contributed by atoms with Crippen molar-refractivity contribution in [2.45, 2.75) is 32.3 Å². The quantitative estimate of drug-likeness (QED) is 0.918. The normalized spacial score (nSPS) is 13.6. The van der Waals surface area contributed by atoms with Gasteiger partial charge in [0.25, 0.3) is 0 Å². The summed E-state index contributed by atoms with van der Waals surface area (Å²) in [6.45, 7) is 6.45. The van der Waals surface area contributed by atoms with Gasteiger partial charge in [-0.1, -0.05) is 45.0 Å². The van der Waals surface area contributed by atoms with Gasteiger partial charge in [-0.15, -0.1) is 0 Å². The van der Waals surface area contributed by atoms with E-state index in [2.05, 4.69) is 47.9 Å². The molecule has 2 rings (SSSR count). The molecule has 0 spiro atoms. The second-order valence-corrected chi connectivity index (χ2v) is 6.60. The molecule has 0 aliphatic heterocycles. The molecule has 0 aliphatic rings. The largest absolute Gasteiger partial charge is 0.382 e. The van der Waals surface area contributed by atoms with Crippen molar-refractivity contribution in [1.82, 2.24) is 9.78 Å². The molecule has 4 heteroatoms. The second-order valence-electron chi connectivity index (χ2n) is 5.74. The number of nitrogens with zero attached hydrogens (tertiary/aromatic N) is 2. The number of aromatic nitrogens is 2. The fourth-order valence-corrected chi connectivity index (χ4v) is 2.86. The third-order valence-electron chi connectivity index (χ3n) is 3.26. The van der Waals surface area contributed by atoms with Crippen molar-refractivity contribution in [3.05, 3.63) is 51.8 Å². The molecule has 0 saturated carbocycles. The van der Waals surface area contributed by atoms with Gasteiger partial charge in [0.15, 0.2) is 0 Å². The summed E-state index contributed by atoms with van der Waals surface area (Å²) in [7, 11) is 1.84. The number of hydrogen-bond donors (Lipinski definition) is 1. The Morgan fingerprint density at radius 2 is 1.89 bits per heavy atom. The minimum absolute atomic E-state index is 0.0113. The molecule has 0 aliphatic carbocycles. The summed E-state index contributed by atoms with van der Waals surface area (Å²) < 4.78 is 2.53. The Kier molecular flexibility index (Phi) is 3.83. The lowest BCUT2D eigenvalue weighted by Gasteiger charge is -2.25. The average Bonchev–Trinajstić information content (AvgIpc) is 2.67. The summed E-state index contributed by atoms with van der Waals surface area (Å²) in [6, 6.07) is 8.01. The van der Waals surface area contributed by atoms with Crippen LogP contribution >= 0.6 is 15.9 Å². The molecule has 102 valence electrons. The average molecular weight is 323 g/mol. The van der Waals surface area contributed by atoms with Gasteiger partial charge in [-0.2, -0.15) is 5.10 Å². The molecule has 2 aromatic rings. The van der Waals surface area contributed by atoms with Gasteiger partial charge in [0.1, 0.15) is 6.10 Å². The van der Waals surface area contributed by atoms with Crippen molar-refractivity contribution >= 4 is 15.9 Å². The molecular formula is C15H19BrN2O. The van der Waals surface area contributed by atoms with Crippen molar-refractivity contribution in [3.63, 3.8) is 0 Å². The molecule has 0 radical (unpaired) electrons. The lowest BCUT2D eigenvalue weighted by atomic mass is 9.82. The predicted octanol–water partition coefficient (Wildman–Crippen LogP) is 3.56. The minimum Gasteiger partial charge on any atom is -0.382 e. The summed E-state index contributed by atoms with van der Waals surface area (Å²) in [4.78, 5) is 0. The molecule has 1 unspecified atom stereocenters. The molecule has 1 heterocycles. The Morgan fingerprint density at radius 1 is 1.26 bits per heavy atom. The Bertz CT molecular complexity index is 565. The van der Waals surface area contributed by atoms with E-state index >= 15 is 0 Å². The molecule has 0 fully saturated rings. The Labute approximate surface area is 122 Å². The molecule has 1 aromatic heterocycles. The molecule has 1 atom stereocenters. The maximum atomic E-state index is 10.7. The molecule has 0 amide bonds. The molecular weight excluding hydrogens is 304 g/mol. The highest BCUT2D eigenvalue weighted by Gasteiger charge is 2.25. The van der Waals surface area contributed by atoms with Crippen LogP contribution in [0.1, 0.15) is 43.7 Å². The van der Waals surface area contributed by atoms with E-state index in [0.717, 1.165) is 21.3 Å². The lowest BCUT2D eigenvalue weighted by molar-refractivity contribution is 0.206. The van der Waals surface area contributed by atoms with Crippen LogP contribution in [0.4, 0.5) is 0 Å². The first-order valence-corrected chi connectivity index (χ1v) is 7.06. The van der Waals surface area contributed by atoms with E-state index in [1.54, 1.807) is 10.9 Å². The molecule has 19 heavy (non-hydrogen) atoms. The number of aryl methyl sites for hydroxylation is 1. The van der Waals surface area contributed by atoms with Crippen molar-refractivity contribution in [3.8, 4) is 0 Å². The van der Waals surface area contributed by atoms with E-state index in [9.17, 15) is 5.11 Å². The van der Waals surface area contributed by atoms with Gasteiger partial charge in [-0.05, 0) is 32.5 Å². The van der Waals surface area contributed by atoms with E-state index in [1.807, 2.05) is 25.2 Å². The van der Waals surface area contributed by atoms with E-state index in [1.165, 1.54) is 0 Å². The van der Waals surface area contributed by atoms with Crippen molar-refractivity contribution in [1.29, 1.82) is 0 Å². The van der Waals surface area contributed by atoms with E-state index in [0.29, 0.717) is 0 Å². The fourth-order valence-electron chi connectivity index (χ4n) is 2.29. The standard InChI is InChI=1S/C15H19BrN2O/c1-15(2,3)11-8-6-5-7-10(11)14(19)13-12(16)9-17-18(13)4/h5-9,14,19H,1-4H3. The number of hydrogen-bond acceptors (Lipinski definition) is 2. The third kappa shape index (κ3) is 2.74. The maximum absolute atomic E-state index is 10.7. The smallest absolute Gasteiger partial charge is 0.122 e. The summed E-state index contributed by atoms with van der Waals surface area (Å²) >= 11 is 3.45. The van der Waals surface area contributed by atoms with Crippen LogP contribution in [-0.4, -0.2) is 14.9 Å². The van der Waals surface area contributed by atoms with Gasteiger partial charge < -0.3 is 5.11 Å². The van der Waals surface area contributed by atoms with Crippen LogP contribution in [0, 0.1) is 0 Å². The van der Waals surface area contributed by atoms with Gasteiger partial charge in [-0.3, -0.25) is 4.68 Å². The second kappa shape index (κ2) is 5.10. The zero-order valence-electron chi connectivity index (χ0n) is 11.7. The van der Waals surface area contributed by atoms with Crippen LogP contribution in [-0.2, 0) is 12.5 Å². The van der Waals surface area contributed by atoms with Crippen LogP contribution in [0.3, 0.4) is 0 Å². The molecule has 1 N–H and O–H groups in total. The van der Waals surface area contributed by atoms with Gasteiger partial charge in [-0.25, -0.2) is 0 Å². The number of aliphatic hydroxyl groups is 1. The first-order chi connectivity index (χ1) is 8.82. The summed E-state index contributed by atoms with van der Waals surface area (Å²) in [6.07, 6.45) is 1.02. The minimum atomic E-state index is -0.683. The molecule has 0 bridgehead atoms. The predicted molar refractivity (Wildman–Crippen MR) is 80.1 cm³/mol. The molecule has 3 nitrogen and oxygen atoms in total. The zero-order valence-corrected chi connectivity index (χ0v) is 13.3. The lowest BCUT2D eigenvalue weighted by Crippen LogP contribution is -2.17. The van der Waals surface area contributed by atoms with E-state index < -0.39 is 6.10 Å². The van der Waals surface area contributed by atoms with Crippen molar-refractivity contribution < 1.29 is 5.11 Å². The van der Waals surface area contributed by atoms with Crippen LogP contribution in [0.15, 0.2) is 34.9 Å². The van der Waals surface area contributed by atoms with Crippen LogP contribution < -0.4 is 0 Å². The van der Waals surface area contributed by atoms with E-state index in [4.69, 9.17) is 0 Å². The Hall–Kier alpha value is -1.13. The van der Waals surface area contributed by atoms with Gasteiger partial charge in [0, 0.05) is 7.05 Å². The first-order valence-electron chi connectivity index (χ1n) is 6.27. The van der Waals surface area contributed by atoms with Crippen LogP contribution in [0.25, 0.3) is 0 Å². The number of benzene rings is 1. The maximum Gasteiger partial charge on any atom is 0.122 e. The van der Waals surface area contributed by atoms with Crippen LogP contribution in [0.5, 0.6) is 0 Å². The van der Waals surface area contributed by atoms with Crippen molar-refractivity contribution in [2.75, 3.05) is 0 Å².